The van der Waals surface area contributed by atoms with E-state index in [1.807, 2.05) is 41.8 Å². The number of anilines is 1. The zero-order valence-electron chi connectivity index (χ0n) is 18.3. The Morgan fingerprint density at radius 2 is 1.79 bits per heavy atom. The van der Waals surface area contributed by atoms with Crippen LogP contribution in [0.4, 0.5) is 5.69 Å². The van der Waals surface area contributed by atoms with Crippen LogP contribution < -0.4 is 10.0 Å². The summed E-state index contributed by atoms with van der Waals surface area (Å²) in [6.07, 6.45) is 1.48. The minimum absolute atomic E-state index is 0.0550. The normalized spacial score (nSPS) is 11.4. The van der Waals surface area contributed by atoms with Gasteiger partial charge in [-0.15, -0.1) is 10.2 Å². The zero-order valence-corrected chi connectivity index (χ0v) is 20.0. The lowest BCUT2D eigenvalue weighted by Gasteiger charge is -2.09. The van der Waals surface area contributed by atoms with E-state index < -0.39 is 10.0 Å². The molecule has 0 fully saturated rings. The maximum absolute atomic E-state index is 12.4. The highest BCUT2D eigenvalue weighted by Crippen LogP contribution is 2.20. The molecule has 2 N–H and O–H groups in total. The molecule has 0 aliphatic rings. The summed E-state index contributed by atoms with van der Waals surface area (Å²) in [6.45, 7) is 2.55. The number of hydrogen-bond donors (Lipinski definition) is 2. The number of furan rings is 1. The Hall–Kier alpha value is -3.41. The monoisotopic (exact) mass is 497 g/mol. The number of nitrogens with zero attached hydrogens (tertiary/aromatic N) is 3. The maximum atomic E-state index is 12.4. The van der Waals surface area contributed by atoms with Gasteiger partial charge in [0.25, 0.3) is 0 Å². The summed E-state index contributed by atoms with van der Waals surface area (Å²) in [5.74, 6) is 1.19. The molecule has 2 aromatic carbocycles. The number of carbonyl (C=O) groups is 1. The SMILES string of the molecule is Cc1nnc(SCC(=O)Nc2ccc(S(=O)(=O)NCc3ccco3)cc2)n1Cc1ccccc1. The predicted octanol–water partition coefficient (Wildman–Crippen LogP) is 3.44. The highest BCUT2D eigenvalue weighted by molar-refractivity contribution is 7.99. The number of benzene rings is 2. The molecule has 0 spiro atoms. The lowest BCUT2D eigenvalue weighted by Crippen LogP contribution is -2.23. The van der Waals surface area contributed by atoms with Crippen molar-refractivity contribution in [3.63, 3.8) is 0 Å². The van der Waals surface area contributed by atoms with Gasteiger partial charge in [-0.1, -0.05) is 42.1 Å². The molecule has 4 aromatic rings. The quantitative estimate of drug-likeness (QED) is 0.322. The number of hydrogen-bond acceptors (Lipinski definition) is 7. The largest absolute Gasteiger partial charge is 0.468 e. The minimum atomic E-state index is -3.70. The average molecular weight is 498 g/mol. The molecule has 2 aromatic heterocycles. The second kappa shape index (κ2) is 10.7. The fraction of sp³-hybridized carbons (Fsp3) is 0.174. The molecule has 11 heteroatoms. The molecule has 34 heavy (non-hydrogen) atoms. The van der Waals surface area contributed by atoms with E-state index in [1.165, 1.54) is 30.2 Å². The molecule has 0 saturated carbocycles. The Morgan fingerprint density at radius 3 is 2.50 bits per heavy atom. The van der Waals surface area contributed by atoms with E-state index in [2.05, 4.69) is 20.2 Å². The molecule has 0 aliphatic carbocycles. The molecule has 9 nitrogen and oxygen atoms in total. The lowest BCUT2D eigenvalue weighted by molar-refractivity contribution is -0.113. The Morgan fingerprint density at radius 1 is 1.03 bits per heavy atom. The molecule has 0 aliphatic heterocycles. The van der Waals surface area contributed by atoms with Crippen molar-refractivity contribution in [3.05, 3.63) is 90.1 Å². The van der Waals surface area contributed by atoms with E-state index in [9.17, 15) is 13.2 Å². The summed E-state index contributed by atoms with van der Waals surface area (Å²) in [5, 5.41) is 11.7. The lowest BCUT2D eigenvalue weighted by atomic mass is 10.2. The fourth-order valence-electron chi connectivity index (χ4n) is 3.12. The first-order valence-corrected chi connectivity index (χ1v) is 12.9. The van der Waals surface area contributed by atoms with Gasteiger partial charge in [0.2, 0.25) is 15.9 Å². The van der Waals surface area contributed by atoms with Crippen LogP contribution in [-0.4, -0.2) is 34.8 Å². The molecule has 1 amide bonds. The Bertz CT molecular complexity index is 1340. The van der Waals surface area contributed by atoms with E-state index in [4.69, 9.17) is 4.42 Å². The molecular weight excluding hydrogens is 474 g/mol. The molecule has 0 unspecified atom stereocenters. The van der Waals surface area contributed by atoms with Crippen molar-refractivity contribution in [2.75, 3.05) is 11.1 Å². The predicted molar refractivity (Wildman–Crippen MR) is 129 cm³/mol. The number of nitrogens with one attached hydrogen (secondary N) is 2. The summed E-state index contributed by atoms with van der Waals surface area (Å²) in [6, 6.07) is 19.3. The van der Waals surface area contributed by atoms with Crippen molar-refractivity contribution >= 4 is 33.4 Å². The van der Waals surface area contributed by atoms with Gasteiger partial charge in [-0.25, -0.2) is 13.1 Å². The molecule has 0 atom stereocenters. The summed E-state index contributed by atoms with van der Waals surface area (Å²) in [4.78, 5) is 12.5. The van der Waals surface area contributed by atoms with Crippen molar-refractivity contribution in [3.8, 4) is 0 Å². The molecule has 0 saturated heterocycles. The highest BCUT2D eigenvalue weighted by Gasteiger charge is 2.15. The van der Waals surface area contributed by atoms with E-state index in [0.717, 1.165) is 11.4 Å². The van der Waals surface area contributed by atoms with Crippen LogP contribution in [0.1, 0.15) is 17.1 Å². The first kappa shape index (κ1) is 23.7. The Labute approximate surface area is 201 Å². The van der Waals surface area contributed by atoms with Crippen LogP contribution in [-0.2, 0) is 27.9 Å². The standard InChI is InChI=1S/C23H23N5O4S2/c1-17-26-27-23(28(17)15-18-6-3-2-4-7-18)33-16-22(29)25-19-9-11-21(12-10-19)34(30,31)24-14-20-8-5-13-32-20/h2-13,24H,14-16H2,1H3,(H,25,29). The molecule has 0 radical (unpaired) electrons. The van der Waals surface area contributed by atoms with Crippen LogP contribution in [0.5, 0.6) is 0 Å². The number of amides is 1. The van der Waals surface area contributed by atoms with Gasteiger partial charge < -0.3 is 14.3 Å². The van der Waals surface area contributed by atoms with Gasteiger partial charge in [0.1, 0.15) is 11.6 Å². The van der Waals surface area contributed by atoms with Crippen molar-refractivity contribution in [2.24, 2.45) is 0 Å². The van der Waals surface area contributed by atoms with Gasteiger partial charge in [0.05, 0.1) is 30.0 Å². The average Bonchev–Trinajstić information content (AvgIpc) is 3.48. The maximum Gasteiger partial charge on any atom is 0.240 e. The molecule has 2 heterocycles. The summed E-state index contributed by atoms with van der Waals surface area (Å²) >= 11 is 1.29. The first-order valence-electron chi connectivity index (χ1n) is 10.4. The van der Waals surface area contributed by atoms with Gasteiger partial charge in [-0.3, -0.25) is 4.79 Å². The number of sulfonamides is 1. The van der Waals surface area contributed by atoms with Crippen LogP contribution in [0.25, 0.3) is 0 Å². The summed E-state index contributed by atoms with van der Waals surface area (Å²) in [5.41, 5.74) is 1.61. The van der Waals surface area contributed by atoms with Crippen molar-refractivity contribution < 1.29 is 17.6 Å². The van der Waals surface area contributed by atoms with Gasteiger partial charge in [0, 0.05) is 5.69 Å². The second-order valence-electron chi connectivity index (χ2n) is 7.37. The third kappa shape index (κ3) is 6.13. The van der Waals surface area contributed by atoms with E-state index >= 15 is 0 Å². The van der Waals surface area contributed by atoms with Crippen LogP contribution in [0, 0.1) is 6.92 Å². The zero-order chi connectivity index (χ0) is 24.0. The number of aryl methyl sites for hydroxylation is 1. The molecule has 176 valence electrons. The van der Waals surface area contributed by atoms with Crippen LogP contribution in [0.3, 0.4) is 0 Å². The highest BCUT2D eigenvalue weighted by atomic mass is 32.2. The van der Waals surface area contributed by atoms with Gasteiger partial charge in [-0.2, -0.15) is 0 Å². The van der Waals surface area contributed by atoms with Crippen molar-refractivity contribution in [1.29, 1.82) is 0 Å². The third-order valence-electron chi connectivity index (χ3n) is 4.88. The minimum Gasteiger partial charge on any atom is -0.468 e. The Kier molecular flexibility index (Phi) is 7.46. The van der Waals surface area contributed by atoms with Crippen LogP contribution in [0.15, 0.2) is 87.5 Å². The van der Waals surface area contributed by atoms with Crippen LogP contribution >= 0.6 is 11.8 Å². The van der Waals surface area contributed by atoms with Gasteiger partial charge in [-0.05, 0) is 48.9 Å². The Balaban J connectivity index is 1.32. The molecular formula is C23H23N5O4S2. The second-order valence-corrected chi connectivity index (χ2v) is 10.1. The number of aromatic nitrogens is 3. The van der Waals surface area contributed by atoms with E-state index in [-0.39, 0.29) is 23.1 Å². The smallest absolute Gasteiger partial charge is 0.240 e. The third-order valence-corrected chi connectivity index (χ3v) is 7.27. The van der Waals surface area contributed by atoms with Gasteiger partial charge >= 0.3 is 0 Å². The summed E-state index contributed by atoms with van der Waals surface area (Å²) in [7, 11) is -3.70. The number of rotatable bonds is 10. The first-order chi connectivity index (χ1) is 16.4. The topological polar surface area (TPSA) is 119 Å². The van der Waals surface area contributed by atoms with Gasteiger partial charge in [0.15, 0.2) is 5.16 Å². The van der Waals surface area contributed by atoms with E-state index in [1.54, 1.807) is 24.3 Å². The van der Waals surface area contributed by atoms with Crippen molar-refractivity contribution in [1.82, 2.24) is 19.5 Å². The molecule has 0 bridgehead atoms. The molecule has 4 rings (SSSR count). The number of carbonyl (C=O) groups excluding carboxylic acids is 1. The fourth-order valence-corrected chi connectivity index (χ4v) is 4.90. The van der Waals surface area contributed by atoms with E-state index in [0.29, 0.717) is 23.1 Å². The van der Waals surface area contributed by atoms with Crippen molar-refractivity contribution in [2.45, 2.75) is 30.1 Å². The van der Waals surface area contributed by atoms with Crippen LogP contribution in [0.2, 0.25) is 0 Å². The summed E-state index contributed by atoms with van der Waals surface area (Å²) < 4.78 is 34.4. The number of thioether (sulfide) groups is 1.